The van der Waals surface area contributed by atoms with E-state index in [0.29, 0.717) is 24.8 Å². The molecule has 11 nitrogen and oxygen atoms in total. The van der Waals surface area contributed by atoms with Crippen molar-refractivity contribution >= 4 is 11.9 Å². The van der Waals surface area contributed by atoms with Crippen molar-refractivity contribution < 1.29 is 14.3 Å². The van der Waals surface area contributed by atoms with E-state index in [-0.39, 0.29) is 18.5 Å². The van der Waals surface area contributed by atoms with E-state index in [1.807, 2.05) is 12.4 Å². The number of aromatic amines is 1. The molecule has 0 radical (unpaired) electrons. The number of amides is 1. The summed E-state index contributed by atoms with van der Waals surface area (Å²) in [6.45, 7) is 15.5. The van der Waals surface area contributed by atoms with Gasteiger partial charge in [0.1, 0.15) is 11.6 Å². The number of likely N-dealkylation sites (tertiary alicyclic amines) is 3. The van der Waals surface area contributed by atoms with Crippen molar-refractivity contribution in [3.63, 3.8) is 0 Å². The Kier molecular flexibility index (Phi) is 13.1. The summed E-state index contributed by atoms with van der Waals surface area (Å²) in [5, 5.41) is 0. The minimum absolute atomic E-state index is 0.0801. The number of esters is 1. The Morgan fingerprint density at radius 3 is 2.48 bits per heavy atom. The highest BCUT2D eigenvalue weighted by atomic mass is 16.5. The molecule has 0 aromatic carbocycles. The summed E-state index contributed by atoms with van der Waals surface area (Å²) >= 11 is 0. The van der Waals surface area contributed by atoms with Gasteiger partial charge < -0.3 is 29.0 Å². The maximum Gasteiger partial charge on any atom is 0.306 e. The molecule has 3 aliphatic heterocycles. The highest BCUT2D eigenvalue weighted by molar-refractivity contribution is 5.80. The molecular weight excluding hydrogens is 580 g/mol. The van der Waals surface area contributed by atoms with Gasteiger partial charge in [0.2, 0.25) is 0 Å². The molecule has 5 heterocycles. The van der Waals surface area contributed by atoms with Crippen LogP contribution in [0.5, 0.6) is 0 Å². The third-order valence-corrected chi connectivity index (χ3v) is 10.7. The highest BCUT2D eigenvalue weighted by Gasteiger charge is 2.41. The quantitative estimate of drug-likeness (QED) is 0.190. The largest absolute Gasteiger partial charge is 0.456 e. The van der Waals surface area contributed by atoms with Crippen LogP contribution in [0.25, 0.3) is 0 Å². The molecule has 1 spiro atoms. The minimum atomic E-state index is -0.295. The van der Waals surface area contributed by atoms with E-state index in [4.69, 9.17) is 9.72 Å². The number of H-pyrrole nitrogens is 1. The second kappa shape index (κ2) is 17.4. The van der Waals surface area contributed by atoms with Crippen molar-refractivity contribution in [1.82, 2.24) is 39.1 Å². The Hall–Kier alpha value is -2.76. The Labute approximate surface area is 276 Å². The van der Waals surface area contributed by atoms with Gasteiger partial charge in [-0.05, 0) is 102 Å². The van der Waals surface area contributed by atoms with Crippen LogP contribution in [0.2, 0.25) is 0 Å². The standard InChI is InChI=1S/C35H58N8O3/c1-3-30(4-2)41-23-12-35(13-24-41)11-22-39(29-35)18-9-21-42-25-16-38-32(42)27-40(26-31-36-14-15-37-31)17-6-5-10-34(45)46-28-33(44)43-19-7-8-20-43/h14-16,25,30H,3-13,17-24,26-29H2,1-2H3,(H,36,37). The molecule has 3 fully saturated rings. The average Bonchev–Trinajstić information content (AvgIpc) is 3.90. The minimum Gasteiger partial charge on any atom is -0.456 e. The second-order valence-corrected chi connectivity index (χ2v) is 13.9. The second-order valence-electron chi connectivity index (χ2n) is 13.9. The number of ether oxygens (including phenoxy) is 1. The van der Waals surface area contributed by atoms with Crippen LogP contribution in [-0.4, -0.2) is 116 Å². The van der Waals surface area contributed by atoms with Crippen molar-refractivity contribution in [3.05, 3.63) is 36.4 Å². The van der Waals surface area contributed by atoms with E-state index in [2.05, 4.69) is 49.3 Å². The topological polar surface area (TPSA) is 103 Å². The predicted octanol–water partition coefficient (Wildman–Crippen LogP) is 4.31. The normalized spacial score (nSPS) is 18.8. The van der Waals surface area contributed by atoms with Crippen LogP contribution in [0.15, 0.2) is 24.8 Å². The third kappa shape index (κ3) is 9.87. The first-order valence-corrected chi connectivity index (χ1v) is 18.1. The number of aromatic nitrogens is 4. The predicted molar refractivity (Wildman–Crippen MR) is 179 cm³/mol. The summed E-state index contributed by atoms with van der Waals surface area (Å²) in [6, 6.07) is 0.764. The molecular formula is C35H58N8O3. The molecule has 0 aliphatic carbocycles. The summed E-state index contributed by atoms with van der Waals surface area (Å²) in [5.74, 6) is 1.62. The molecule has 2 aromatic heterocycles. The molecule has 0 atom stereocenters. The first-order chi connectivity index (χ1) is 22.5. The van der Waals surface area contributed by atoms with Gasteiger partial charge in [-0.25, -0.2) is 9.97 Å². The van der Waals surface area contributed by atoms with Gasteiger partial charge in [-0.3, -0.25) is 14.5 Å². The third-order valence-electron chi connectivity index (χ3n) is 10.7. The van der Waals surface area contributed by atoms with Gasteiger partial charge in [0.15, 0.2) is 6.61 Å². The van der Waals surface area contributed by atoms with Gasteiger partial charge in [-0.2, -0.15) is 0 Å². The Morgan fingerprint density at radius 1 is 0.957 bits per heavy atom. The monoisotopic (exact) mass is 638 g/mol. The maximum absolute atomic E-state index is 12.3. The van der Waals surface area contributed by atoms with E-state index >= 15 is 0 Å². The van der Waals surface area contributed by atoms with Crippen LogP contribution in [-0.2, 0) is 34.0 Å². The fourth-order valence-corrected chi connectivity index (χ4v) is 7.84. The molecule has 0 unspecified atom stereocenters. The number of aryl methyl sites for hydroxylation is 1. The number of hydrogen-bond donors (Lipinski definition) is 1. The number of nitrogens with one attached hydrogen (secondary N) is 1. The summed E-state index contributed by atoms with van der Waals surface area (Å²) in [7, 11) is 0. The smallest absolute Gasteiger partial charge is 0.306 e. The number of rotatable bonds is 18. The number of carbonyl (C=O) groups is 2. The molecule has 5 rings (SSSR count). The average molecular weight is 639 g/mol. The zero-order valence-corrected chi connectivity index (χ0v) is 28.5. The van der Waals surface area contributed by atoms with Crippen LogP contribution in [0, 0.1) is 5.41 Å². The van der Waals surface area contributed by atoms with Crippen molar-refractivity contribution in [2.45, 2.75) is 110 Å². The zero-order chi connectivity index (χ0) is 32.2. The molecule has 46 heavy (non-hydrogen) atoms. The Bertz CT molecular complexity index is 1180. The lowest BCUT2D eigenvalue weighted by Gasteiger charge is -2.42. The number of imidazole rings is 2. The fourth-order valence-electron chi connectivity index (χ4n) is 7.84. The molecule has 256 valence electrons. The van der Waals surface area contributed by atoms with Crippen LogP contribution < -0.4 is 0 Å². The summed E-state index contributed by atoms with van der Waals surface area (Å²) in [4.78, 5) is 46.4. The van der Waals surface area contributed by atoms with Crippen molar-refractivity contribution in [3.8, 4) is 0 Å². The molecule has 0 saturated carbocycles. The molecule has 3 saturated heterocycles. The molecule has 3 aliphatic rings. The maximum atomic E-state index is 12.3. The lowest BCUT2D eigenvalue weighted by molar-refractivity contribution is -0.151. The Balaban J connectivity index is 1.03. The van der Waals surface area contributed by atoms with Crippen molar-refractivity contribution in [1.29, 1.82) is 0 Å². The number of unbranched alkanes of at least 4 members (excludes halogenated alkanes) is 1. The van der Waals surface area contributed by atoms with Gasteiger partial charge in [0, 0.05) is 63.4 Å². The molecule has 11 heteroatoms. The van der Waals surface area contributed by atoms with E-state index < -0.39 is 0 Å². The first-order valence-electron chi connectivity index (χ1n) is 18.1. The fraction of sp³-hybridized carbons (Fsp3) is 0.771. The number of carbonyl (C=O) groups excluding carboxylic acids is 2. The van der Waals surface area contributed by atoms with Crippen molar-refractivity contribution in [2.24, 2.45) is 5.41 Å². The van der Waals surface area contributed by atoms with Gasteiger partial charge in [0.05, 0.1) is 13.1 Å². The molecule has 2 aromatic rings. The van der Waals surface area contributed by atoms with Gasteiger partial charge in [-0.1, -0.05) is 13.8 Å². The first kappa shape index (κ1) is 34.6. The van der Waals surface area contributed by atoms with E-state index in [0.717, 1.165) is 82.6 Å². The van der Waals surface area contributed by atoms with Gasteiger partial charge in [0.25, 0.3) is 5.91 Å². The van der Waals surface area contributed by atoms with Crippen LogP contribution in [0.3, 0.4) is 0 Å². The van der Waals surface area contributed by atoms with Crippen LogP contribution in [0.4, 0.5) is 0 Å². The summed E-state index contributed by atoms with van der Waals surface area (Å²) in [5.41, 5.74) is 0.539. The van der Waals surface area contributed by atoms with Gasteiger partial charge in [-0.15, -0.1) is 0 Å². The molecule has 1 amide bonds. The lowest BCUT2D eigenvalue weighted by Crippen LogP contribution is -2.45. The molecule has 0 bridgehead atoms. The number of nitrogens with zero attached hydrogens (tertiary/aromatic N) is 7. The highest BCUT2D eigenvalue weighted by Crippen LogP contribution is 2.41. The van der Waals surface area contributed by atoms with Gasteiger partial charge >= 0.3 is 5.97 Å². The number of hydrogen-bond acceptors (Lipinski definition) is 8. The lowest BCUT2D eigenvalue weighted by atomic mass is 9.77. The molecule has 1 N–H and O–H groups in total. The van der Waals surface area contributed by atoms with E-state index in [9.17, 15) is 9.59 Å². The van der Waals surface area contributed by atoms with E-state index in [1.54, 1.807) is 11.1 Å². The van der Waals surface area contributed by atoms with Crippen LogP contribution >= 0.6 is 0 Å². The van der Waals surface area contributed by atoms with Crippen molar-refractivity contribution in [2.75, 3.05) is 59.0 Å². The zero-order valence-electron chi connectivity index (χ0n) is 28.5. The summed E-state index contributed by atoms with van der Waals surface area (Å²) < 4.78 is 7.57. The SMILES string of the molecule is CCC(CC)N1CCC2(CCN(CCCn3ccnc3CN(CCCCC(=O)OCC(=O)N3CCCC3)Cc3ncc[nH]3)C2)CC1. The number of piperidine rings is 1. The van der Waals surface area contributed by atoms with Crippen LogP contribution in [0.1, 0.15) is 96.1 Å². The Morgan fingerprint density at radius 2 is 1.74 bits per heavy atom. The summed E-state index contributed by atoms with van der Waals surface area (Å²) in [6.07, 6.45) is 19.4. The van der Waals surface area contributed by atoms with E-state index in [1.165, 1.54) is 58.3 Å².